The van der Waals surface area contributed by atoms with Crippen LogP contribution in [0.25, 0.3) is 0 Å². The van der Waals surface area contributed by atoms with Crippen molar-refractivity contribution in [2.24, 2.45) is 23.7 Å². The van der Waals surface area contributed by atoms with E-state index in [0.29, 0.717) is 22.6 Å². The Morgan fingerprint density at radius 2 is 0.903 bits per heavy atom. The van der Waals surface area contributed by atoms with Gasteiger partial charge in [0.25, 0.3) is 0 Å². The lowest BCUT2D eigenvalue weighted by molar-refractivity contribution is -0.116. The highest BCUT2D eigenvalue weighted by Gasteiger charge is 2.27. The lowest BCUT2D eigenvalue weighted by atomic mass is 9.82. The van der Waals surface area contributed by atoms with E-state index in [1.54, 1.807) is 13.8 Å². The SMILES string of the molecule is CC1=C(C)C(=O)C(CC[C@H](C)CCC[C@@H](C)CCC[C@@H](C)CCCC(C)C)=C(C)C1=O. The fourth-order valence-electron chi connectivity index (χ4n) is 4.78. The van der Waals surface area contributed by atoms with Crippen LogP contribution in [0, 0.1) is 23.7 Å². The zero-order chi connectivity index (χ0) is 23.6. The largest absolute Gasteiger partial charge is 0.289 e. The Labute approximate surface area is 193 Å². The van der Waals surface area contributed by atoms with Gasteiger partial charge in [0.05, 0.1) is 0 Å². The van der Waals surface area contributed by atoms with E-state index in [1.807, 2.05) is 6.92 Å². The van der Waals surface area contributed by atoms with Gasteiger partial charge in [0.1, 0.15) is 0 Å². The van der Waals surface area contributed by atoms with Crippen LogP contribution in [0.1, 0.15) is 126 Å². The molecule has 31 heavy (non-hydrogen) atoms. The number of allylic oxidation sites excluding steroid dienone is 4. The van der Waals surface area contributed by atoms with Crippen molar-refractivity contribution >= 4 is 11.6 Å². The molecule has 0 unspecified atom stereocenters. The van der Waals surface area contributed by atoms with Crippen molar-refractivity contribution in [3.8, 4) is 0 Å². The molecule has 2 nitrogen and oxygen atoms in total. The summed E-state index contributed by atoms with van der Waals surface area (Å²) in [6, 6.07) is 0. The predicted molar refractivity (Wildman–Crippen MR) is 134 cm³/mol. The number of carbonyl (C=O) groups is 2. The Morgan fingerprint density at radius 3 is 1.35 bits per heavy atom. The third-order valence-corrected chi connectivity index (χ3v) is 7.46. The van der Waals surface area contributed by atoms with Crippen molar-refractivity contribution in [2.45, 2.75) is 126 Å². The normalized spacial score (nSPS) is 18.2. The summed E-state index contributed by atoms with van der Waals surface area (Å²) >= 11 is 0. The fourth-order valence-corrected chi connectivity index (χ4v) is 4.78. The molecular weight excluding hydrogens is 380 g/mol. The molecule has 0 bridgehead atoms. The van der Waals surface area contributed by atoms with E-state index in [9.17, 15) is 9.59 Å². The molecule has 0 aromatic rings. The van der Waals surface area contributed by atoms with Crippen LogP contribution >= 0.6 is 0 Å². The molecule has 2 heteroatoms. The molecule has 0 saturated heterocycles. The van der Waals surface area contributed by atoms with Gasteiger partial charge in [-0.3, -0.25) is 9.59 Å². The van der Waals surface area contributed by atoms with Crippen molar-refractivity contribution in [3.63, 3.8) is 0 Å². The van der Waals surface area contributed by atoms with Crippen molar-refractivity contribution in [1.82, 2.24) is 0 Å². The van der Waals surface area contributed by atoms with Gasteiger partial charge in [0.15, 0.2) is 11.6 Å². The van der Waals surface area contributed by atoms with Gasteiger partial charge in [-0.15, -0.1) is 0 Å². The van der Waals surface area contributed by atoms with E-state index in [4.69, 9.17) is 0 Å². The molecule has 0 heterocycles. The average Bonchev–Trinajstić information content (AvgIpc) is 2.70. The maximum atomic E-state index is 12.6. The highest BCUT2D eigenvalue weighted by molar-refractivity contribution is 6.24. The molecule has 3 atom stereocenters. The van der Waals surface area contributed by atoms with Crippen molar-refractivity contribution in [2.75, 3.05) is 0 Å². The Kier molecular flexibility index (Phi) is 12.6. The molecule has 0 spiro atoms. The Hall–Kier alpha value is -1.18. The van der Waals surface area contributed by atoms with E-state index in [0.717, 1.165) is 36.2 Å². The Balaban J connectivity index is 2.22. The predicted octanol–water partition coefficient (Wildman–Crippen LogP) is 8.65. The van der Waals surface area contributed by atoms with E-state index < -0.39 is 0 Å². The number of rotatable bonds is 15. The van der Waals surface area contributed by atoms with E-state index in [1.165, 1.54) is 57.8 Å². The summed E-state index contributed by atoms with van der Waals surface area (Å²) < 4.78 is 0. The second kappa shape index (κ2) is 14.1. The molecule has 0 radical (unpaired) electrons. The molecule has 1 rings (SSSR count). The zero-order valence-electron chi connectivity index (χ0n) is 21.9. The molecular formula is C29H50O2. The summed E-state index contributed by atoms with van der Waals surface area (Å²) in [5, 5.41) is 0. The molecule has 0 saturated carbocycles. The van der Waals surface area contributed by atoms with Crippen molar-refractivity contribution in [3.05, 3.63) is 22.3 Å². The minimum absolute atomic E-state index is 0.0582. The lowest BCUT2D eigenvalue weighted by Gasteiger charge is -2.20. The second-order valence-corrected chi connectivity index (χ2v) is 11.1. The summed E-state index contributed by atoms with van der Waals surface area (Å²) in [6.45, 7) is 17.2. The van der Waals surface area contributed by atoms with Gasteiger partial charge in [0, 0.05) is 22.3 Å². The zero-order valence-corrected chi connectivity index (χ0v) is 21.9. The maximum Gasteiger partial charge on any atom is 0.185 e. The number of ketones is 2. The molecule has 1 aliphatic carbocycles. The van der Waals surface area contributed by atoms with Crippen LogP contribution in [0.4, 0.5) is 0 Å². The second-order valence-electron chi connectivity index (χ2n) is 11.1. The third-order valence-electron chi connectivity index (χ3n) is 7.46. The maximum absolute atomic E-state index is 12.6. The van der Waals surface area contributed by atoms with Crippen molar-refractivity contribution in [1.29, 1.82) is 0 Å². The first-order chi connectivity index (χ1) is 14.5. The molecule has 1 aliphatic rings. The third kappa shape index (κ3) is 9.87. The first-order valence-corrected chi connectivity index (χ1v) is 13.0. The van der Waals surface area contributed by atoms with Gasteiger partial charge in [-0.2, -0.15) is 0 Å². The van der Waals surface area contributed by atoms with Gasteiger partial charge in [-0.1, -0.05) is 92.4 Å². The van der Waals surface area contributed by atoms with Gasteiger partial charge >= 0.3 is 0 Å². The summed E-state index contributed by atoms with van der Waals surface area (Å²) in [5.41, 5.74) is 2.70. The van der Waals surface area contributed by atoms with Gasteiger partial charge < -0.3 is 0 Å². The summed E-state index contributed by atoms with van der Waals surface area (Å²) in [5.74, 6) is 3.28. The van der Waals surface area contributed by atoms with Gasteiger partial charge in [0.2, 0.25) is 0 Å². The van der Waals surface area contributed by atoms with E-state index in [-0.39, 0.29) is 11.6 Å². The fraction of sp³-hybridized carbons (Fsp3) is 0.793. The molecule has 0 aromatic heterocycles. The summed E-state index contributed by atoms with van der Waals surface area (Å²) in [7, 11) is 0. The van der Waals surface area contributed by atoms with Crippen LogP contribution in [0.5, 0.6) is 0 Å². The van der Waals surface area contributed by atoms with Crippen LogP contribution in [0.15, 0.2) is 22.3 Å². The first-order valence-electron chi connectivity index (χ1n) is 13.0. The highest BCUT2D eigenvalue weighted by Crippen LogP contribution is 2.29. The smallest absolute Gasteiger partial charge is 0.185 e. The summed E-state index contributed by atoms with van der Waals surface area (Å²) in [4.78, 5) is 24.9. The molecule has 0 amide bonds. The number of hydrogen-bond donors (Lipinski definition) is 0. The highest BCUT2D eigenvalue weighted by atomic mass is 16.1. The van der Waals surface area contributed by atoms with Crippen LogP contribution < -0.4 is 0 Å². The Bertz CT molecular complexity index is 650. The van der Waals surface area contributed by atoms with Gasteiger partial charge in [-0.05, 0) is 57.3 Å². The minimum Gasteiger partial charge on any atom is -0.289 e. The van der Waals surface area contributed by atoms with E-state index >= 15 is 0 Å². The molecule has 178 valence electrons. The van der Waals surface area contributed by atoms with Crippen molar-refractivity contribution < 1.29 is 9.59 Å². The van der Waals surface area contributed by atoms with Crippen LogP contribution in [0.2, 0.25) is 0 Å². The average molecular weight is 431 g/mol. The summed E-state index contributed by atoms with van der Waals surface area (Å²) in [6.07, 6.45) is 13.8. The standard InChI is InChI=1S/C29H50O2/c1-20(2)12-9-13-21(3)14-10-15-22(4)16-11-17-23(5)18-19-27-26(8)28(30)24(6)25(7)29(27)31/h20-23H,9-19H2,1-8H3/t21-,22-,23+/m0/s1. The monoisotopic (exact) mass is 430 g/mol. The number of Topliss-reactive ketones (excluding diaryl/α,β-unsaturated/α-hetero) is 2. The molecule has 0 N–H and O–H groups in total. The first kappa shape index (κ1) is 27.9. The van der Waals surface area contributed by atoms with Crippen LogP contribution in [-0.4, -0.2) is 11.6 Å². The minimum atomic E-state index is 0.0582. The molecule has 0 aliphatic heterocycles. The lowest BCUT2D eigenvalue weighted by Crippen LogP contribution is -2.21. The Morgan fingerprint density at radius 1 is 0.516 bits per heavy atom. The van der Waals surface area contributed by atoms with Crippen LogP contribution in [0.3, 0.4) is 0 Å². The quantitative estimate of drug-likeness (QED) is 0.244. The van der Waals surface area contributed by atoms with Gasteiger partial charge in [-0.25, -0.2) is 0 Å². The number of hydrogen-bond acceptors (Lipinski definition) is 2. The topological polar surface area (TPSA) is 34.1 Å². The number of carbonyl (C=O) groups excluding carboxylic acids is 2. The molecule has 0 fully saturated rings. The molecule has 0 aromatic carbocycles. The van der Waals surface area contributed by atoms with Crippen LogP contribution in [-0.2, 0) is 9.59 Å². The van der Waals surface area contributed by atoms with E-state index in [2.05, 4.69) is 34.6 Å².